The van der Waals surface area contributed by atoms with Crippen LogP contribution in [0.15, 0.2) is 30.3 Å². The van der Waals surface area contributed by atoms with Crippen LogP contribution in [0.25, 0.3) is 0 Å². The molecule has 68 valence electrons. The average molecular weight is 173 g/mol. The summed E-state index contributed by atoms with van der Waals surface area (Å²) in [6.45, 7) is 0.665. The molecule has 0 fully saturated rings. The van der Waals surface area contributed by atoms with Gasteiger partial charge in [-0.3, -0.25) is 0 Å². The van der Waals surface area contributed by atoms with Crippen molar-refractivity contribution >= 4 is 0 Å². The number of aryl methyl sites for hydroxylation is 1. The van der Waals surface area contributed by atoms with E-state index in [0.717, 1.165) is 19.3 Å². The Labute approximate surface area is 80.0 Å². The molecule has 0 unspecified atom stereocenters. The highest BCUT2D eigenvalue weighted by Gasteiger charge is 1.87. The summed E-state index contributed by atoms with van der Waals surface area (Å²) in [4.78, 5) is 0. The maximum absolute atomic E-state index is 5.32. The van der Waals surface area contributed by atoms with Crippen LogP contribution >= 0.6 is 0 Å². The molecule has 0 saturated carbocycles. The summed E-state index contributed by atoms with van der Waals surface area (Å²) in [6, 6.07) is 10.4. The van der Waals surface area contributed by atoms with Gasteiger partial charge in [0.1, 0.15) is 0 Å². The molecule has 0 saturated heterocycles. The van der Waals surface area contributed by atoms with Crippen LogP contribution in [0.5, 0.6) is 0 Å². The van der Waals surface area contributed by atoms with E-state index in [-0.39, 0.29) is 0 Å². The lowest BCUT2D eigenvalue weighted by Gasteiger charge is -1.94. The first-order valence-electron chi connectivity index (χ1n) is 4.63. The molecule has 1 nitrogen and oxygen atoms in total. The zero-order valence-corrected chi connectivity index (χ0v) is 7.79. The molecule has 0 aliphatic rings. The van der Waals surface area contributed by atoms with E-state index < -0.39 is 0 Å². The topological polar surface area (TPSA) is 26.0 Å². The van der Waals surface area contributed by atoms with Crippen LogP contribution in [0, 0.1) is 11.8 Å². The minimum atomic E-state index is 0.665. The average Bonchev–Trinajstić information content (AvgIpc) is 2.19. The van der Waals surface area contributed by atoms with Gasteiger partial charge < -0.3 is 5.73 Å². The normalized spacial score (nSPS) is 9.00. The monoisotopic (exact) mass is 173 g/mol. The number of benzene rings is 1. The summed E-state index contributed by atoms with van der Waals surface area (Å²) in [7, 11) is 0. The van der Waals surface area contributed by atoms with Crippen molar-refractivity contribution in [2.24, 2.45) is 5.73 Å². The van der Waals surface area contributed by atoms with Crippen LogP contribution in [-0.4, -0.2) is 6.54 Å². The zero-order valence-electron chi connectivity index (χ0n) is 7.79. The van der Waals surface area contributed by atoms with Crippen LogP contribution in [0.1, 0.15) is 18.4 Å². The van der Waals surface area contributed by atoms with Crippen molar-refractivity contribution in [3.05, 3.63) is 35.9 Å². The molecule has 1 heteroatoms. The minimum absolute atomic E-state index is 0.665. The summed E-state index contributed by atoms with van der Waals surface area (Å²) in [5.41, 5.74) is 6.67. The van der Waals surface area contributed by atoms with Gasteiger partial charge in [0.05, 0.1) is 0 Å². The molecule has 0 aromatic heterocycles. The molecule has 0 heterocycles. The van der Waals surface area contributed by atoms with Crippen LogP contribution in [0.2, 0.25) is 0 Å². The second-order valence-corrected chi connectivity index (χ2v) is 2.88. The van der Waals surface area contributed by atoms with E-state index >= 15 is 0 Å². The molecule has 0 radical (unpaired) electrons. The van der Waals surface area contributed by atoms with Gasteiger partial charge in [-0.05, 0) is 12.0 Å². The molecule has 0 aliphatic heterocycles. The van der Waals surface area contributed by atoms with Gasteiger partial charge in [0.25, 0.3) is 0 Å². The zero-order chi connectivity index (χ0) is 9.36. The molecule has 0 amide bonds. The summed E-state index contributed by atoms with van der Waals surface area (Å²) in [5, 5.41) is 0. The lowest BCUT2D eigenvalue weighted by Crippen LogP contribution is -1.95. The van der Waals surface area contributed by atoms with Gasteiger partial charge in [-0.2, -0.15) is 0 Å². The molecule has 0 bridgehead atoms. The number of rotatable bonds is 3. The number of hydrogen-bond acceptors (Lipinski definition) is 1. The third-order valence-corrected chi connectivity index (χ3v) is 1.78. The minimum Gasteiger partial charge on any atom is -0.330 e. The Morgan fingerprint density at radius 2 is 1.69 bits per heavy atom. The summed E-state index contributed by atoms with van der Waals surface area (Å²) < 4.78 is 0. The summed E-state index contributed by atoms with van der Waals surface area (Å²) >= 11 is 0. The second kappa shape index (κ2) is 6.28. The SMILES string of the molecule is NCCC#CCCc1ccccc1. The Bertz CT molecular complexity index is 279. The molecule has 1 aromatic carbocycles. The van der Waals surface area contributed by atoms with E-state index in [9.17, 15) is 0 Å². The molecule has 0 spiro atoms. The van der Waals surface area contributed by atoms with Crippen molar-refractivity contribution in [2.45, 2.75) is 19.3 Å². The summed E-state index contributed by atoms with van der Waals surface area (Å²) in [6.07, 6.45) is 2.79. The van der Waals surface area contributed by atoms with Crippen molar-refractivity contribution in [3.8, 4) is 11.8 Å². The van der Waals surface area contributed by atoms with Gasteiger partial charge >= 0.3 is 0 Å². The Morgan fingerprint density at radius 1 is 1.00 bits per heavy atom. The Hall–Kier alpha value is -1.26. The first-order valence-corrected chi connectivity index (χ1v) is 4.63. The Kier molecular flexibility index (Phi) is 4.74. The van der Waals surface area contributed by atoms with Gasteiger partial charge in [0.2, 0.25) is 0 Å². The van der Waals surface area contributed by atoms with Gasteiger partial charge in [-0.15, -0.1) is 11.8 Å². The Balaban J connectivity index is 2.25. The molecule has 13 heavy (non-hydrogen) atoms. The van der Waals surface area contributed by atoms with Crippen LogP contribution in [0.3, 0.4) is 0 Å². The van der Waals surface area contributed by atoms with E-state index in [1.807, 2.05) is 6.07 Å². The predicted octanol–water partition coefficient (Wildman–Crippen LogP) is 1.97. The van der Waals surface area contributed by atoms with Crippen LogP contribution in [-0.2, 0) is 6.42 Å². The molecule has 1 aromatic rings. The van der Waals surface area contributed by atoms with Crippen molar-refractivity contribution < 1.29 is 0 Å². The highest BCUT2D eigenvalue weighted by atomic mass is 14.5. The fourth-order valence-electron chi connectivity index (χ4n) is 1.10. The number of hydrogen-bond donors (Lipinski definition) is 1. The van der Waals surface area contributed by atoms with Crippen molar-refractivity contribution in [3.63, 3.8) is 0 Å². The summed E-state index contributed by atoms with van der Waals surface area (Å²) in [5.74, 6) is 6.14. The van der Waals surface area contributed by atoms with E-state index in [1.165, 1.54) is 5.56 Å². The van der Waals surface area contributed by atoms with Crippen LogP contribution in [0.4, 0.5) is 0 Å². The molecular formula is C12H15N. The van der Waals surface area contributed by atoms with Gasteiger partial charge in [-0.1, -0.05) is 30.3 Å². The van der Waals surface area contributed by atoms with Gasteiger partial charge in [0.15, 0.2) is 0 Å². The fraction of sp³-hybridized carbons (Fsp3) is 0.333. The standard InChI is InChI=1S/C12H15N/c13-11-7-2-1-4-8-12-9-5-3-6-10-12/h3,5-6,9-10H,4,7-8,11,13H2. The maximum Gasteiger partial charge on any atom is 0.0212 e. The molecule has 0 aliphatic carbocycles. The molecule has 2 N–H and O–H groups in total. The quantitative estimate of drug-likeness (QED) is 0.695. The molecule has 1 rings (SSSR count). The van der Waals surface area contributed by atoms with Crippen molar-refractivity contribution in [2.75, 3.05) is 6.54 Å². The second-order valence-electron chi connectivity index (χ2n) is 2.88. The lowest BCUT2D eigenvalue weighted by molar-refractivity contribution is 1.01. The molecular weight excluding hydrogens is 158 g/mol. The van der Waals surface area contributed by atoms with Gasteiger partial charge in [-0.25, -0.2) is 0 Å². The first kappa shape index (κ1) is 9.83. The van der Waals surface area contributed by atoms with E-state index in [0.29, 0.717) is 6.54 Å². The van der Waals surface area contributed by atoms with Crippen molar-refractivity contribution in [1.29, 1.82) is 0 Å². The Morgan fingerprint density at radius 3 is 2.38 bits per heavy atom. The predicted molar refractivity (Wildman–Crippen MR) is 56.2 cm³/mol. The smallest absolute Gasteiger partial charge is 0.0212 e. The third kappa shape index (κ3) is 4.35. The van der Waals surface area contributed by atoms with Crippen molar-refractivity contribution in [1.82, 2.24) is 0 Å². The van der Waals surface area contributed by atoms with E-state index in [2.05, 4.69) is 36.1 Å². The highest BCUT2D eigenvalue weighted by molar-refractivity contribution is 5.16. The third-order valence-electron chi connectivity index (χ3n) is 1.78. The fourth-order valence-corrected chi connectivity index (χ4v) is 1.10. The number of nitrogens with two attached hydrogens (primary N) is 1. The maximum atomic E-state index is 5.32. The first-order chi connectivity index (χ1) is 6.43. The lowest BCUT2D eigenvalue weighted by atomic mass is 10.1. The van der Waals surface area contributed by atoms with E-state index in [4.69, 9.17) is 5.73 Å². The van der Waals surface area contributed by atoms with E-state index in [1.54, 1.807) is 0 Å². The highest BCUT2D eigenvalue weighted by Crippen LogP contribution is 2.00. The van der Waals surface area contributed by atoms with Crippen LogP contribution < -0.4 is 5.73 Å². The van der Waals surface area contributed by atoms with Gasteiger partial charge in [0, 0.05) is 19.4 Å². The largest absolute Gasteiger partial charge is 0.330 e. The molecule has 0 atom stereocenters.